The summed E-state index contributed by atoms with van der Waals surface area (Å²) in [6, 6.07) is 12.6. The van der Waals surface area contributed by atoms with Gasteiger partial charge in [0.1, 0.15) is 5.75 Å². The van der Waals surface area contributed by atoms with Gasteiger partial charge in [0.05, 0.1) is 7.11 Å². The molecule has 0 spiro atoms. The number of halogens is 1. The minimum Gasteiger partial charge on any atom is -0.496 e. The van der Waals surface area contributed by atoms with Crippen LogP contribution >= 0.6 is 12.4 Å². The monoisotopic (exact) mass is 277 g/mol. The Morgan fingerprint density at radius 1 is 1.16 bits per heavy atom. The maximum atomic E-state index is 6.46. The smallest absolute Gasteiger partial charge is 0.124 e. The fraction of sp³-hybridized carbons (Fsp3) is 0.375. The van der Waals surface area contributed by atoms with Crippen molar-refractivity contribution in [3.8, 4) is 5.75 Å². The number of benzene rings is 2. The van der Waals surface area contributed by atoms with Crippen molar-refractivity contribution in [2.45, 2.75) is 25.3 Å². The zero-order valence-corrected chi connectivity index (χ0v) is 12.0. The Morgan fingerprint density at radius 2 is 1.89 bits per heavy atom. The Balaban J connectivity index is 0.00000133. The van der Waals surface area contributed by atoms with Crippen LogP contribution in [0.25, 0.3) is 10.8 Å². The van der Waals surface area contributed by atoms with Gasteiger partial charge in [-0.05, 0) is 35.6 Å². The average molecular weight is 278 g/mol. The fourth-order valence-electron chi connectivity index (χ4n) is 2.83. The van der Waals surface area contributed by atoms with Gasteiger partial charge in [-0.3, -0.25) is 0 Å². The number of ether oxygens (including phenoxy) is 1. The Hall–Kier alpha value is -1.25. The third kappa shape index (κ3) is 2.43. The van der Waals surface area contributed by atoms with Crippen molar-refractivity contribution in [1.29, 1.82) is 0 Å². The maximum absolute atomic E-state index is 6.46. The highest BCUT2D eigenvalue weighted by molar-refractivity contribution is 5.88. The standard InChI is InChI=1S/C16H19NO.ClH/c1-18-14-10-9-11-5-2-3-8-13(11)15(14)16(17)12-6-4-7-12;/h2-3,5,8-10,12,16H,4,6-7,17H2,1H3;1H/t16-;/m1./s1. The number of nitrogens with two attached hydrogens (primary N) is 1. The summed E-state index contributed by atoms with van der Waals surface area (Å²) in [7, 11) is 1.72. The van der Waals surface area contributed by atoms with Crippen LogP contribution in [-0.2, 0) is 0 Å². The second kappa shape index (κ2) is 5.81. The molecule has 2 N–H and O–H groups in total. The Bertz CT molecular complexity index is 566. The molecule has 2 aromatic rings. The Morgan fingerprint density at radius 3 is 2.53 bits per heavy atom. The zero-order valence-electron chi connectivity index (χ0n) is 11.1. The first-order chi connectivity index (χ1) is 8.81. The molecule has 1 aliphatic rings. The molecule has 0 heterocycles. The molecule has 19 heavy (non-hydrogen) atoms. The normalized spacial score (nSPS) is 16.5. The molecule has 0 radical (unpaired) electrons. The second-order valence-corrected chi connectivity index (χ2v) is 5.12. The molecule has 102 valence electrons. The molecule has 3 rings (SSSR count). The molecule has 2 nitrogen and oxygen atoms in total. The van der Waals surface area contributed by atoms with E-state index in [1.165, 1.54) is 35.6 Å². The lowest BCUT2D eigenvalue weighted by Crippen LogP contribution is -2.27. The first kappa shape index (κ1) is 14.2. The summed E-state index contributed by atoms with van der Waals surface area (Å²) >= 11 is 0. The SMILES string of the molecule is COc1ccc2ccccc2c1[C@H](N)C1CCC1.Cl. The highest BCUT2D eigenvalue weighted by atomic mass is 35.5. The number of rotatable bonds is 3. The van der Waals surface area contributed by atoms with E-state index in [9.17, 15) is 0 Å². The molecule has 0 saturated heterocycles. The van der Waals surface area contributed by atoms with Gasteiger partial charge in [0, 0.05) is 11.6 Å². The van der Waals surface area contributed by atoms with E-state index in [0.29, 0.717) is 5.92 Å². The number of fused-ring (bicyclic) bond motifs is 1. The summed E-state index contributed by atoms with van der Waals surface area (Å²) in [5, 5.41) is 2.47. The van der Waals surface area contributed by atoms with Crippen LogP contribution in [0, 0.1) is 5.92 Å². The maximum Gasteiger partial charge on any atom is 0.124 e. The van der Waals surface area contributed by atoms with Gasteiger partial charge >= 0.3 is 0 Å². The summed E-state index contributed by atoms with van der Waals surface area (Å²) in [6.45, 7) is 0. The van der Waals surface area contributed by atoms with Crippen molar-refractivity contribution in [2.24, 2.45) is 11.7 Å². The highest BCUT2D eigenvalue weighted by Gasteiger charge is 2.28. The van der Waals surface area contributed by atoms with Gasteiger partial charge in [0.25, 0.3) is 0 Å². The fourth-order valence-corrected chi connectivity index (χ4v) is 2.83. The van der Waals surface area contributed by atoms with E-state index in [2.05, 4.69) is 30.3 Å². The van der Waals surface area contributed by atoms with Crippen molar-refractivity contribution >= 4 is 23.2 Å². The van der Waals surface area contributed by atoms with Crippen LogP contribution in [0.15, 0.2) is 36.4 Å². The molecule has 1 aliphatic carbocycles. The van der Waals surface area contributed by atoms with Crippen LogP contribution < -0.4 is 10.5 Å². The Kier molecular flexibility index (Phi) is 4.33. The van der Waals surface area contributed by atoms with Crippen molar-refractivity contribution in [2.75, 3.05) is 7.11 Å². The van der Waals surface area contributed by atoms with Crippen molar-refractivity contribution in [3.63, 3.8) is 0 Å². The van der Waals surface area contributed by atoms with E-state index in [1.807, 2.05) is 6.07 Å². The van der Waals surface area contributed by atoms with Crippen molar-refractivity contribution in [1.82, 2.24) is 0 Å². The molecular weight excluding hydrogens is 258 g/mol. The van der Waals surface area contributed by atoms with Gasteiger partial charge < -0.3 is 10.5 Å². The third-order valence-corrected chi connectivity index (χ3v) is 4.14. The van der Waals surface area contributed by atoms with Crippen molar-refractivity contribution in [3.05, 3.63) is 42.0 Å². The number of methoxy groups -OCH3 is 1. The molecule has 0 unspecified atom stereocenters. The van der Waals surface area contributed by atoms with Gasteiger partial charge in [-0.1, -0.05) is 36.8 Å². The van der Waals surface area contributed by atoms with Crippen molar-refractivity contribution < 1.29 is 4.74 Å². The van der Waals surface area contributed by atoms with Crippen LogP contribution in [0.4, 0.5) is 0 Å². The minimum absolute atomic E-state index is 0. The summed E-state index contributed by atoms with van der Waals surface area (Å²) < 4.78 is 5.51. The molecule has 0 bridgehead atoms. The van der Waals surface area contributed by atoms with E-state index in [1.54, 1.807) is 7.11 Å². The molecular formula is C16H20ClNO. The van der Waals surface area contributed by atoms with Gasteiger partial charge in [0.2, 0.25) is 0 Å². The summed E-state index contributed by atoms with van der Waals surface area (Å²) in [4.78, 5) is 0. The predicted molar refractivity (Wildman–Crippen MR) is 82.0 cm³/mol. The van der Waals surface area contributed by atoms with Crippen LogP contribution in [0.1, 0.15) is 30.9 Å². The van der Waals surface area contributed by atoms with Crippen LogP contribution in [0.5, 0.6) is 5.75 Å². The molecule has 0 aliphatic heterocycles. The topological polar surface area (TPSA) is 35.2 Å². The molecule has 1 atom stereocenters. The largest absolute Gasteiger partial charge is 0.496 e. The lowest BCUT2D eigenvalue weighted by molar-refractivity contribution is 0.261. The van der Waals surface area contributed by atoms with Crippen LogP contribution in [0.2, 0.25) is 0 Å². The van der Waals surface area contributed by atoms with Gasteiger partial charge in [-0.25, -0.2) is 0 Å². The van der Waals surface area contributed by atoms with E-state index in [4.69, 9.17) is 10.5 Å². The van der Waals surface area contributed by atoms with E-state index in [0.717, 1.165) is 5.75 Å². The van der Waals surface area contributed by atoms with E-state index >= 15 is 0 Å². The quantitative estimate of drug-likeness (QED) is 0.918. The average Bonchev–Trinajstić information content (AvgIpc) is 2.35. The summed E-state index contributed by atoms with van der Waals surface area (Å²) in [6.07, 6.45) is 3.80. The molecule has 1 fully saturated rings. The van der Waals surface area contributed by atoms with E-state index < -0.39 is 0 Å². The van der Waals surface area contributed by atoms with E-state index in [-0.39, 0.29) is 18.4 Å². The predicted octanol–water partition coefficient (Wildman–Crippen LogP) is 4.07. The van der Waals surface area contributed by atoms with Gasteiger partial charge in [-0.15, -0.1) is 12.4 Å². The summed E-state index contributed by atoms with van der Waals surface area (Å²) in [5.41, 5.74) is 7.64. The highest BCUT2D eigenvalue weighted by Crippen LogP contribution is 2.42. The Labute approximate surface area is 120 Å². The first-order valence-corrected chi connectivity index (χ1v) is 6.62. The summed E-state index contributed by atoms with van der Waals surface area (Å²) in [5.74, 6) is 1.54. The second-order valence-electron chi connectivity index (χ2n) is 5.12. The van der Waals surface area contributed by atoms with Gasteiger partial charge in [0.15, 0.2) is 0 Å². The number of hydrogen-bond donors (Lipinski definition) is 1. The molecule has 0 aromatic heterocycles. The van der Waals surface area contributed by atoms with Crippen LogP contribution in [-0.4, -0.2) is 7.11 Å². The number of hydrogen-bond acceptors (Lipinski definition) is 2. The molecule has 3 heteroatoms. The molecule has 0 amide bonds. The molecule has 1 saturated carbocycles. The van der Waals surface area contributed by atoms with Crippen LogP contribution in [0.3, 0.4) is 0 Å². The lowest BCUT2D eigenvalue weighted by atomic mass is 9.76. The third-order valence-electron chi connectivity index (χ3n) is 4.14. The first-order valence-electron chi connectivity index (χ1n) is 6.62. The zero-order chi connectivity index (χ0) is 12.5. The minimum atomic E-state index is 0. The lowest BCUT2D eigenvalue weighted by Gasteiger charge is -2.32. The van der Waals surface area contributed by atoms with Gasteiger partial charge in [-0.2, -0.15) is 0 Å². The molecule has 2 aromatic carbocycles.